The number of unbranched alkanes of at least 4 members (excludes halogenated alkanes) is 1. The van der Waals surface area contributed by atoms with Crippen LogP contribution in [0, 0.1) is 0 Å². The van der Waals surface area contributed by atoms with Crippen LogP contribution >= 0.6 is 0 Å². The predicted octanol–water partition coefficient (Wildman–Crippen LogP) is 3.40. The fraction of sp³-hybridized carbons (Fsp3) is 0.667. The molecule has 1 rings (SSSR count). The average molecular weight is 380 g/mol. The van der Waals surface area contributed by atoms with Crippen LogP contribution in [0.3, 0.4) is 0 Å². The molecule has 0 heterocycles. The van der Waals surface area contributed by atoms with Gasteiger partial charge in [-0.05, 0) is 64.7 Å². The Bertz CT molecular complexity index is 535. The highest BCUT2D eigenvalue weighted by Crippen LogP contribution is 2.28. The first-order chi connectivity index (χ1) is 13.2. The molecule has 1 aromatic rings. The fourth-order valence-corrected chi connectivity index (χ4v) is 2.57. The zero-order valence-electron chi connectivity index (χ0n) is 17.5. The molecule has 0 spiro atoms. The lowest BCUT2D eigenvalue weighted by molar-refractivity contribution is 0.144. The zero-order valence-corrected chi connectivity index (χ0v) is 17.5. The molecule has 0 amide bonds. The van der Waals surface area contributed by atoms with Gasteiger partial charge in [-0.3, -0.25) is 4.99 Å². The first kappa shape index (κ1) is 23.1. The molecular formula is C21H37N3O3. The molecule has 6 nitrogen and oxygen atoms in total. The molecule has 0 unspecified atom stereocenters. The molecule has 0 saturated carbocycles. The molecule has 2 N–H and O–H groups in total. The highest BCUT2D eigenvalue weighted by Gasteiger charge is 2.06. The van der Waals surface area contributed by atoms with Crippen molar-refractivity contribution in [2.24, 2.45) is 4.99 Å². The van der Waals surface area contributed by atoms with Gasteiger partial charge in [0.25, 0.3) is 0 Å². The van der Waals surface area contributed by atoms with Crippen LogP contribution in [0.4, 0.5) is 0 Å². The van der Waals surface area contributed by atoms with Gasteiger partial charge < -0.3 is 24.8 Å². The standard InChI is InChI=1S/C21H37N3O3/c1-5-22-21(23-14-9-10-16-25-6-2)24-15-13-18-11-12-19(26-7-3)20(17-18)27-8-4/h11-12,17H,5-10,13-16H2,1-4H3,(H2,22,23,24). The molecule has 0 bridgehead atoms. The summed E-state index contributed by atoms with van der Waals surface area (Å²) >= 11 is 0. The molecule has 154 valence electrons. The van der Waals surface area contributed by atoms with Crippen LogP contribution in [0.2, 0.25) is 0 Å². The average Bonchev–Trinajstić information content (AvgIpc) is 2.67. The lowest BCUT2D eigenvalue weighted by atomic mass is 10.1. The van der Waals surface area contributed by atoms with E-state index in [0.717, 1.165) is 69.6 Å². The molecular weight excluding hydrogens is 342 g/mol. The van der Waals surface area contributed by atoms with Gasteiger partial charge in [0, 0.05) is 32.8 Å². The number of aliphatic imine (C=N–C) groups is 1. The van der Waals surface area contributed by atoms with Gasteiger partial charge in [-0.25, -0.2) is 0 Å². The molecule has 1 aromatic carbocycles. The summed E-state index contributed by atoms with van der Waals surface area (Å²) in [6.07, 6.45) is 2.97. The van der Waals surface area contributed by atoms with Crippen LogP contribution in [0.25, 0.3) is 0 Å². The van der Waals surface area contributed by atoms with Crippen LogP contribution in [0.1, 0.15) is 46.1 Å². The van der Waals surface area contributed by atoms with E-state index >= 15 is 0 Å². The van der Waals surface area contributed by atoms with Gasteiger partial charge in [0.2, 0.25) is 0 Å². The second-order valence-electron chi connectivity index (χ2n) is 5.99. The van der Waals surface area contributed by atoms with Gasteiger partial charge >= 0.3 is 0 Å². The first-order valence-corrected chi connectivity index (χ1v) is 10.2. The maximum Gasteiger partial charge on any atom is 0.191 e. The van der Waals surface area contributed by atoms with Crippen molar-refractivity contribution >= 4 is 5.96 Å². The van der Waals surface area contributed by atoms with Crippen molar-refractivity contribution in [3.63, 3.8) is 0 Å². The summed E-state index contributed by atoms with van der Waals surface area (Å²) in [5.41, 5.74) is 1.21. The van der Waals surface area contributed by atoms with Crippen molar-refractivity contribution in [2.45, 2.75) is 47.0 Å². The number of ether oxygens (including phenoxy) is 3. The van der Waals surface area contributed by atoms with E-state index in [1.54, 1.807) is 0 Å². The topological polar surface area (TPSA) is 64.1 Å². The summed E-state index contributed by atoms with van der Waals surface area (Å²) in [5.74, 6) is 2.48. The summed E-state index contributed by atoms with van der Waals surface area (Å²) in [7, 11) is 0. The third-order valence-electron chi connectivity index (χ3n) is 3.83. The maximum absolute atomic E-state index is 5.70. The minimum Gasteiger partial charge on any atom is -0.490 e. The van der Waals surface area contributed by atoms with Crippen LogP contribution in [0.5, 0.6) is 11.5 Å². The van der Waals surface area contributed by atoms with Gasteiger partial charge in [0.15, 0.2) is 17.5 Å². The number of nitrogens with one attached hydrogen (secondary N) is 2. The molecule has 0 aliphatic heterocycles. The normalized spacial score (nSPS) is 11.3. The van der Waals surface area contributed by atoms with E-state index in [9.17, 15) is 0 Å². The Kier molecular flexibility index (Phi) is 12.9. The van der Waals surface area contributed by atoms with Crippen molar-refractivity contribution in [1.29, 1.82) is 0 Å². The van der Waals surface area contributed by atoms with Gasteiger partial charge in [0.1, 0.15) is 0 Å². The maximum atomic E-state index is 5.70. The van der Waals surface area contributed by atoms with Crippen molar-refractivity contribution < 1.29 is 14.2 Å². The monoisotopic (exact) mass is 379 g/mol. The third-order valence-corrected chi connectivity index (χ3v) is 3.83. The van der Waals surface area contributed by atoms with Crippen molar-refractivity contribution in [1.82, 2.24) is 10.6 Å². The van der Waals surface area contributed by atoms with E-state index < -0.39 is 0 Å². The Morgan fingerprint density at radius 3 is 2.41 bits per heavy atom. The number of hydrogen-bond donors (Lipinski definition) is 2. The molecule has 27 heavy (non-hydrogen) atoms. The fourth-order valence-electron chi connectivity index (χ4n) is 2.57. The minimum absolute atomic E-state index is 0.627. The van der Waals surface area contributed by atoms with E-state index in [1.807, 2.05) is 26.8 Å². The first-order valence-electron chi connectivity index (χ1n) is 10.2. The summed E-state index contributed by atoms with van der Waals surface area (Å²) in [6.45, 7) is 13.4. The Morgan fingerprint density at radius 2 is 1.70 bits per heavy atom. The van der Waals surface area contributed by atoms with Crippen molar-refractivity contribution in [3.8, 4) is 11.5 Å². The molecule has 0 atom stereocenters. The van der Waals surface area contributed by atoms with Crippen molar-refractivity contribution in [2.75, 3.05) is 46.1 Å². The third kappa shape index (κ3) is 10.1. The molecule has 0 aliphatic carbocycles. The second-order valence-corrected chi connectivity index (χ2v) is 5.99. The van der Waals surface area contributed by atoms with Gasteiger partial charge in [0.05, 0.1) is 13.2 Å². The molecule has 6 heteroatoms. The van der Waals surface area contributed by atoms with Gasteiger partial charge in [-0.2, -0.15) is 0 Å². The lowest BCUT2D eigenvalue weighted by Gasteiger charge is -2.14. The minimum atomic E-state index is 0.627. The second kappa shape index (κ2) is 15.1. The number of hydrogen-bond acceptors (Lipinski definition) is 4. The molecule has 0 aromatic heterocycles. The van der Waals surface area contributed by atoms with Gasteiger partial charge in [-0.15, -0.1) is 0 Å². The van der Waals surface area contributed by atoms with E-state index in [-0.39, 0.29) is 0 Å². The quantitative estimate of drug-likeness (QED) is 0.295. The van der Waals surface area contributed by atoms with Crippen LogP contribution in [-0.2, 0) is 11.2 Å². The van der Waals surface area contributed by atoms with E-state index in [0.29, 0.717) is 13.2 Å². The molecule has 0 radical (unpaired) electrons. The number of guanidine groups is 1. The SMILES string of the molecule is CCNC(=NCCCCOCC)NCCc1ccc(OCC)c(OCC)c1. The molecule has 0 aliphatic rings. The summed E-state index contributed by atoms with van der Waals surface area (Å²) in [6, 6.07) is 6.14. The summed E-state index contributed by atoms with van der Waals surface area (Å²) in [4.78, 5) is 4.62. The highest BCUT2D eigenvalue weighted by molar-refractivity contribution is 5.79. The van der Waals surface area contributed by atoms with Crippen LogP contribution in [-0.4, -0.2) is 52.0 Å². The number of benzene rings is 1. The van der Waals surface area contributed by atoms with Crippen LogP contribution < -0.4 is 20.1 Å². The Labute approximate surface area is 164 Å². The smallest absolute Gasteiger partial charge is 0.191 e. The Morgan fingerprint density at radius 1 is 0.926 bits per heavy atom. The predicted molar refractivity (Wildman–Crippen MR) is 112 cm³/mol. The van der Waals surface area contributed by atoms with E-state index in [2.05, 4.69) is 34.7 Å². The lowest BCUT2D eigenvalue weighted by Crippen LogP contribution is -2.38. The summed E-state index contributed by atoms with van der Waals surface area (Å²) < 4.78 is 16.7. The molecule has 0 fully saturated rings. The molecule has 0 saturated heterocycles. The highest BCUT2D eigenvalue weighted by atomic mass is 16.5. The number of rotatable bonds is 14. The zero-order chi connectivity index (χ0) is 19.7. The van der Waals surface area contributed by atoms with E-state index in [4.69, 9.17) is 14.2 Å². The Balaban J connectivity index is 2.48. The largest absolute Gasteiger partial charge is 0.490 e. The van der Waals surface area contributed by atoms with E-state index in [1.165, 1.54) is 5.56 Å². The van der Waals surface area contributed by atoms with Crippen LogP contribution in [0.15, 0.2) is 23.2 Å². The van der Waals surface area contributed by atoms with Crippen molar-refractivity contribution in [3.05, 3.63) is 23.8 Å². The number of nitrogens with zero attached hydrogens (tertiary/aromatic N) is 1. The summed E-state index contributed by atoms with van der Waals surface area (Å²) in [5, 5.41) is 6.69. The van der Waals surface area contributed by atoms with Gasteiger partial charge in [-0.1, -0.05) is 6.07 Å². The Hall–Kier alpha value is -1.95.